The second kappa shape index (κ2) is 7.92. The van der Waals surface area contributed by atoms with Crippen molar-refractivity contribution in [3.8, 4) is 5.75 Å². The highest BCUT2D eigenvalue weighted by atomic mass is 16.5. The van der Waals surface area contributed by atoms with E-state index in [-0.39, 0.29) is 11.8 Å². The second-order valence-electron chi connectivity index (χ2n) is 3.88. The van der Waals surface area contributed by atoms with Gasteiger partial charge < -0.3 is 4.74 Å². The summed E-state index contributed by atoms with van der Waals surface area (Å²) >= 11 is 0. The monoisotopic (exact) mass is 262 g/mol. The summed E-state index contributed by atoms with van der Waals surface area (Å²) < 4.78 is 5.30. The molecule has 0 fully saturated rings. The number of carbonyl (C=O) groups is 2. The number of carbonyl (C=O) groups excluding carboxylic acids is 2. The number of rotatable bonds is 6. The number of benzene rings is 1. The third kappa shape index (κ3) is 5.25. The molecule has 0 atom stereocenters. The van der Waals surface area contributed by atoms with E-state index in [9.17, 15) is 9.59 Å². The Balaban J connectivity index is 2.48. The molecule has 0 radical (unpaired) electrons. The van der Waals surface area contributed by atoms with Gasteiger partial charge in [0, 0.05) is 12.0 Å². The molecule has 0 bridgehead atoms. The summed E-state index contributed by atoms with van der Waals surface area (Å²) in [6, 6.07) is 6.62. The molecule has 0 unspecified atom stereocenters. The third-order valence-electron chi connectivity index (χ3n) is 2.28. The van der Waals surface area contributed by atoms with E-state index in [2.05, 4.69) is 17.4 Å². The molecule has 2 N–H and O–H groups in total. The van der Waals surface area contributed by atoms with E-state index < -0.39 is 0 Å². The number of hydrogen-bond donors (Lipinski definition) is 2. The number of ether oxygens (including phenoxy) is 1. The maximum absolute atomic E-state index is 11.7. The van der Waals surface area contributed by atoms with Crippen molar-refractivity contribution < 1.29 is 14.3 Å². The zero-order valence-electron chi connectivity index (χ0n) is 10.9. The van der Waals surface area contributed by atoms with Crippen molar-refractivity contribution in [1.82, 2.24) is 10.9 Å². The van der Waals surface area contributed by atoms with Crippen LogP contribution >= 0.6 is 0 Å². The predicted molar refractivity (Wildman–Crippen MR) is 72.7 cm³/mol. The van der Waals surface area contributed by atoms with Crippen molar-refractivity contribution in [3.63, 3.8) is 0 Å². The van der Waals surface area contributed by atoms with Gasteiger partial charge in [-0.2, -0.15) is 0 Å². The number of nitrogens with one attached hydrogen (secondary N) is 2. The van der Waals surface area contributed by atoms with Crippen molar-refractivity contribution >= 4 is 11.8 Å². The highest BCUT2D eigenvalue weighted by Gasteiger charge is 2.06. The van der Waals surface area contributed by atoms with E-state index in [4.69, 9.17) is 4.74 Å². The van der Waals surface area contributed by atoms with Gasteiger partial charge in [-0.15, -0.1) is 0 Å². The van der Waals surface area contributed by atoms with E-state index in [1.807, 2.05) is 6.92 Å². The molecular weight excluding hydrogens is 244 g/mol. The molecule has 19 heavy (non-hydrogen) atoms. The summed E-state index contributed by atoms with van der Waals surface area (Å²) in [5, 5.41) is 0. The minimum absolute atomic E-state index is 0.207. The van der Waals surface area contributed by atoms with E-state index >= 15 is 0 Å². The maximum Gasteiger partial charge on any atom is 0.269 e. The molecule has 1 aromatic rings. The van der Waals surface area contributed by atoms with Crippen LogP contribution < -0.4 is 15.6 Å². The standard InChI is InChI=1S/C14H18N2O3/c1-3-5-13(17)15-16-14(18)11-6-8-12(9-7-11)19-10-4-2/h4,6-9H,2-3,5,10H2,1H3,(H,15,17)(H,16,18). The summed E-state index contributed by atoms with van der Waals surface area (Å²) in [5.74, 6) is 0.0907. The number of amides is 2. The van der Waals surface area contributed by atoms with Gasteiger partial charge in [-0.1, -0.05) is 19.6 Å². The van der Waals surface area contributed by atoms with Crippen molar-refractivity contribution in [2.45, 2.75) is 19.8 Å². The molecule has 1 aromatic carbocycles. The van der Waals surface area contributed by atoms with E-state index in [1.54, 1.807) is 30.3 Å². The van der Waals surface area contributed by atoms with Crippen LogP contribution in [-0.2, 0) is 4.79 Å². The van der Waals surface area contributed by atoms with Crippen LogP contribution in [0.3, 0.4) is 0 Å². The first-order valence-electron chi connectivity index (χ1n) is 6.10. The zero-order valence-corrected chi connectivity index (χ0v) is 10.9. The fourth-order valence-corrected chi connectivity index (χ4v) is 1.35. The lowest BCUT2D eigenvalue weighted by Gasteiger charge is -2.07. The lowest BCUT2D eigenvalue weighted by atomic mass is 10.2. The quantitative estimate of drug-likeness (QED) is 0.607. The van der Waals surface area contributed by atoms with Gasteiger partial charge in [0.05, 0.1) is 0 Å². The summed E-state index contributed by atoms with van der Waals surface area (Å²) in [6.07, 6.45) is 2.76. The number of hydrazine groups is 1. The van der Waals surface area contributed by atoms with Crippen LogP contribution in [0, 0.1) is 0 Å². The molecule has 102 valence electrons. The molecule has 0 spiro atoms. The van der Waals surface area contributed by atoms with Crippen LogP contribution in [0.15, 0.2) is 36.9 Å². The van der Waals surface area contributed by atoms with Gasteiger partial charge in [0.2, 0.25) is 5.91 Å². The molecule has 2 amide bonds. The average molecular weight is 262 g/mol. The molecule has 0 heterocycles. The van der Waals surface area contributed by atoms with Gasteiger partial charge in [0.25, 0.3) is 5.91 Å². The van der Waals surface area contributed by atoms with Crippen LogP contribution in [0.4, 0.5) is 0 Å². The first-order chi connectivity index (χ1) is 9.17. The van der Waals surface area contributed by atoms with Crippen LogP contribution in [0.25, 0.3) is 0 Å². The third-order valence-corrected chi connectivity index (χ3v) is 2.28. The van der Waals surface area contributed by atoms with Crippen LogP contribution in [0.5, 0.6) is 5.75 Å². The Labute approximate surface area is 112 Å². The summed E-state index contributed by atoms with van der Waals surface area (Å²) in [6.45, 7) is 5.86. The van der Waals surface area contributed by atoms with Crippen molar-refractivity contribution in [1.29, 1.82) is 0 Å². The molecule has 0 saturated carbocycles. The highest BCUT2D eigenvalue weighted by molar-refractivity contribution is 5.95. The van der Waals surface area contributed by atoms with Crippen LogP contribution in [0.2, 0.25) is 0 Å². The van der Waals surface area contributed by atoms with Gasteiger partial charge >= 0.3 is 0 Å². The predicted octanol–water partition coefficient (Wildman–Crippen LogP) is 1.81. The minimum atomic E-state index is -0.361. The highest BCUT2D eigenvalue weighted by Crippen LogP contribution is 2.11. The lowest BCUT2D eigenvalue weighted by Crippen LogP contribution is -2.41. The second-order valence-corrected chi connectivity index (χ2v) is 3.88. The molecule has 0 aliphatic heterocycles. The molecule has 0 saturated heterocycles. The Kier molecular flexibility index (Phi) is 6.15. The molecule has 5 heteroatoms. The molecule has 1 rings (SSSR count). The summed E-state index contributed by atoms with van der Waals surface area (Å²) in [4.78, 5) is 22.9. The maximum atomic E-state index is 11.7. The molecule has 5 nitrogen and oxygen atoms in total. The molecular formula is C14H18N2O3. The Hall–Kier alpha value is -2.30. The molecule has 0 aromatic heterocycles. The summed E-state index contributed by atoms with van der Waals surface area (Å²) in [5.41, 5.74) is 5.15. The van der Waals surface area contributed by atoms with E-state index in [0.29, 0.717) is 24.3 Å². The summed E-state index contributed by atoms with van der Waals surface area (Å²) in [7, 11) is 0. The van der Waals surface area contributed by atoms with E-state index in [0.717, 1.165) is 6.42 Å². The average Bonchev–Trinajstić information content (AvgIpc) is 2.43. The molecule has 0 aliphatic carbocycles. The topological polar surface area (TPSA) is 67.4 Å². The van der Waals surface area contributed by atoms with Crippen LogP contribution in [-0.4, -0.2) is 18.4 Å². The van der Waals surface area contributed by atoms with Crippen molar-refractivity contribution in [2.75, 3.05) is 6.61 Å². The van der Waals surface area contributed by atoms with Crippen LogP contribution in [0.1, 0.15) is 30.1 Å². The largest absolute Gasteiger partial charge is 0.490 e. The Morgan fingerprint density at radius 2 is 1.95 bits per heavy atom. The fourth-order valence-electron chi connectivity index (χ4n) is 1.35. The van der Waals surface area contributed by atoms with E-state index in [1.165, 1.54) is 0 Å². The first kappa shape index (κ1) is 14.8. The smallest absolute Gasteiger partial charge is 0.269 e. The lowest BCUT2D eigenvalue weighted by molar-refractivity contribution is -0.121. The van der Waals surface area contributed by atoms with Gasteiger partial charge in [-0.3, -0.25) is 20.4 Å². The van der Waals surface area contributed by atoms with Gasteiger partial charge in [0.15, 0.2) is 0 Å². The van der Waals surface area contributed by atoms with Gasteiger partial charge in [-0.25, -0.2) is 0 Å². The zero-order chi connectivity index (χ0) is 14.1. The SMILES string of the molecule is C=CCOc1ccc(C(=O)NNC(=O)CCC)cc1. The Morgan fingerprint density at radius 1 is 1.26 bits per heavy atom. The Bertz CT molecular complexity index is 441. The first-order valence-corrected chi connectivity index (χ1v) is 6.10. The van der Waals surface area contributed by atoms with Gasteiger partial charge in [-0.05, 0) is 30.7 Å². The minimum Gasteiger partial charge on any atom is -0.490 e. The molecule has 0 aliphatic rings. The van der Waals surface area contributed by atoms with Crippen molar-refractivity contribution in [3.05, 3.63) is 42.5 Å². The fraction of sp³-hybridized carbons (Fsp3) is 0.286. The number of hydrogen-bond acceptors (Lipinski definition) is 3. The normalized spacial score (nSPS) is 9.53. The van der Waals surface area contributed by atoms with Gasteiger partial charge in [0.1, 0.15) is 12.4 Å². The van der Waals surface area contributed by atoms with Crippen molar-refractivity contribution in [2.24, 2.45) is 0 Å². The Morgan fingerprint density at radius 3 is 2.53 bits per heavy atom.